The third-order valence-electron chi connectivity index (χ3n) is 2.62. The molecule has 1 amide bonds. The highest BCUT2D eigenvalue weighted by atomic mass is 16.2. The molecule has 0 atom stereocenters. The van der Waals surface area contributed by atoms with Crippen molar-refractivity contribution in [2.45, 2.75) is 6.54 Å². The highest BCUT2D eigenvalue weighted by Crippen LogP contribution is 2.00. The molecule has 15 heavy (non-hydrogen) atoms. The number of carbonyl (C=O) groups excluding carboxylic acids is 1. The second-order valence-electron chi connectivity index (χ2n) is 3.78. The van der Waals surface area contributed by atoms with E-state index >= 15 is 0 Å². The maximum absolute atomic E-state index is 11.8. The van der Waals surface area contributed by atoms with E-state index in [1.807, 2.05) is 4.90 Å². The van der Waals surface area contributed by atoms with E-state index in [2.05, 4.69) is 22.0 Å². The fraction of sp³-hybridized carbons (Fsp3) is 0.667. The quantitative estimate of drug-likeness (QED) is 0.630. The number of nitrogens with zero attached hydrogens (tertiary/aromatic N) is 5. The van der Waals surface area contributed by atoms with Gasteiger partial charge in [0.15, 0.2) is 0 Å². The van der Waals surface area contributed by atoms with Crippen LogP contribution in [0.3, 0.4) is 0 Å². The molecule has 0 saturated carbocycles. The SMILES string of the molecule is CN1CCN(C(=O)Cn2cncn2)CC1. The lowest BCUT2D eigenvalue weighted by Crippen LogP contribution is -2.48. The standard InChI is InChI=1S/C9H15N5O/c1-12-2-4-13(5-3-12)9(15)6-14-8-10-7-11-14/h7-8H,2-6H2,1H3. The lowest BCUT2D eigenvalue weighted by atomic mass is 10.3. The molecular formula is C9H15N5O. The van der Waals surface area contributed by atoms with Crippen LogP contribution in [0.25, 0.3) is 0 Å². The number of carbonyl (C=O) groups is 1. The van der Waals surface area contributed by atoms with E-state index in [1.165, 1.54) is 6.33 Å². The smallest absolute Gasteiger partial charge is 0.244 e. The zero-order valence-electron chi connectivity index (χ0n) is 8.83. The fourth-order valence-electron chi connectivity index (χ4n) is 1.61. The van der Waals surface area contributed by atoms with Crippen LogP contribution < -0.4 is 0 Å². The number of likely N-dealkylation sites (N-methyl/N-ethyl adjacent to an activating group) is 1. The first-order valence-corrected chi connectivity index (χ1v) is 5.04. The number of amides is 1. The Morgan fingerprint density at radius 3 is 2.67 bits per heavy atom. The zero-order valence-corrected chi connectivity index (χ0v) is 8.83. The van der Waals surface area contributed by atoms with Gasteiger partial charge in [-0.1, -0.05) is 0 Å². The van der Waals surface area contributed by atoms with Gasteiger partial charge in [0.25, 0.3) is 0 Å². The van der Waals surface area contributed by atoms with Gasteiger partial charge in [0.1, 0.15) is 19.2 Å². The van der Waals surface area contributed by atoms with Crippen molar-refractivity contribution in [3.05, 3.63) is 12.7 Å². The third-order valence-corrected chi connectivity index (χ3v) is 2.62. The van der Waals surface area contributed by atoms with E-state index < -0.39 is 0 Å². The largest absolute Gasteiger partial charge is 0.339 e. The second kappa shape index (κ2) is 4.39. The number of hydrogen-bond donors (Lipinski definition) is 0. The summed E-state index contributed by atoms with van der Waals surface area (Å²) in [7, 11) is 2.07. The predicted molar refractivity (Wildman–Crippen MR) is 54.1 cm³/mol. The summed E-state index contributed by atoms with van der Waals surface area (Å²) in [5, 5.41) is 3.91. The summed E-state index contributed by atoms with van der Waals surface area (Å²) in [5.74, 6) is 0.119. The molecule has 2 heterocycles. The van der Waals surface area contributed by atoms with Crippen LogP contribution in [0.15, 0.2) is 12.7 Å². The Labute approximate surface area is 88.5 Å². The molecule has 1 aromatic rings. The van der Waals surface area contributed by atoms with Crippen molar-refractivity contribution in [1.82, 2.24) is 24.6 Å². The number of hydrogen-bond acceptors (Lipinski definition) is 4. The Morgan fingerprint density at radius 1 is 1.33 bits per heavy atom. The molecule has 1 aliphatic heterocycles. The summed E-state index contributed by atoms with van der Waals surface area (Å²) in [6, 6.07) is 0. The molecule has 0 aromatic carbocycles. The first-order chi connectivity index (χ1) is 7.25. The van der Waals surface area contributed by atoms with Gasteiger partial charge in [0, 0.05) is 26.2 Å². The van der Waals surface area contributed by atoms with E-state index in [-0.39, 0.29) is 5.91 Å². The van der Waals surface area contributed by atoms with Gasteiger partial charge in [-0.2, -0.15) is 5.10 Å². The molecule has 0 bridgehead atoms. The monoisotopic (exact) mass is 209 g/mol. The predicted octanol–water partition coefficient (Wildman–Crippen LogP) is -0.948. The van der Waals surface area contributed by atoms with E-state index in [9.17, 15) is 4.79 Å². The summed E-state index contributed by atoms with van der Waals surface area (Å²) in [4.78, 5) is 19.7. The summed E-state index contributed by atoms with van der Waals surface area (Å²) >= 11 is 0. The average Bonchev–Trinajstić information content (AvgIpc) is 2.71. The topological polar surface area (TPSA) is 54.3 Å². The maximum Gasteiger partial charge on any atom is 0.244 e. The molecule has 0 radical (unpaired) electrons. The number of piperazine rings is 1. The van der Waals surface area contributed by atoms with E-state index in [0.29, 0.717) is 6.54 Å². The van der Waals surface area contributed by atoms with Gasteiger partial charge in [-0.15, -0.1) is 0 Å². The summed E-state index contributed by atoms with van der Waals surface area (Å²) in [6.45, 7) is 3.81. The molecule has 2 rings (SSSR count). The van der Waals surface area contributed by atoms with Crippen LogP contribution in [0.5, 0.6) is 0 Å². The third kappa shape index (κ3) is 2.53. The Bertz CT molecular complexity index is 315. The molecule has 6 heteroatoms. The van der Waals surface area contributed by atoms with Gasteiger partial charge in [0.2, 0.25) is 5.91 Å². The minimum atomic E-state index is 0.119. The molecule has 1 aromatic heterocycles. The lowest BCUT2D eigenvalue weighted by molar-refractivity contribution is -0.133. The number of aromatic nitrogens is 3. The summed E-state index contributed by atoms with van der Waals surface area (Å²) < 4.78 is 1.56. The Morgan fingerprint density at radius 2 is 2.07 bits per heavy atom. The van der Waals surface area contributed by atoms with Crippen molar-refractivity contribution in [2.75, 3.05) is 33.2 Å². The highest BCUT2D eigenvalue weighted by Gasteiger charge is 2.18. The molecule has 1 fully saturated rings. The van der Waals surface area contributed by atoms with Crippen LogP contribution >= 0.6 is 0 Å². The average molecular weight is 209 g/mol. The minimum Gasteiger partial charge on any atom is -0.339 e. The van der Waals surface area contributed by atoms with Crippen LogP contribution in [0.1, 0.15) is 0 Å². The first kappa shape index (κ1) is 10.1. The van der Waals surface area contributed by atoms with Crippen LogP contribution in [0, 0.1) is 0 Å². The normalized spacial score (nSPS) is 18.1. The summed E-state index contributed by atoms with van der Waals surface area (Å²) in [6.07, 6.45) is 3.01. The van der Waals surface area contributed by atoms with Crippen molar-refractivity contribution >= 4 is 5.91 Å². The Kier molecular flexibility index (Phi) is 2.96. The molecule has 0 unspecified atom stereocenters. The Hall–Kier alpha value is -1.43. The molecule has 82 valence electrons. The van der Waals surface area contributed by atoms with Crippen molar-refractivity contribution in [3.63, 3.8) is 0 Å². The molecular weight excluding hydrogens is 194 g/mol. The Balaban J connectivity index is 1.86. The van der Waals surface area contributed by atoms with Gasteiger partial charge in [-0.05, 0) is 7.05 Å². The maximum atomic E-state index is 11.8. The van der Waals surface area contributed by atoms with Crippen molar-refractivity contribution in [1.29, 1.82) is 0 Å². The van der Waals surface area contributed by atoms with Crippen LogP contribution in [0.2, 0.25) is 0 Å². The van der Waals surface area contributed by atoms with Gasteiger partial charge < -0.3 is 9.80 Å². The molecule has 0 spiro atoms. The fourth-order valence-corrected chi connectivity index (χ4v) is 1.61. The molecule has 1 aliphatic rings. The highest BCUT2D eigenvalue weighted by molar-refractivity contribution is 5.75. The van der Waals surface area contributed by atoms with Crippen molar-refractivity contribution < 1.29 is 4.79 Å². The van der Waals surface area contributed by atoms with E-state index in [4.69, 9.17) is 0 Å². The number of rotatable bonds is 2. The van der Waals surface area contributed by atoms with Crippen LogP contribution in [0.4, 0.5) is 0 Å². The van der Waals surface area contributed by atoms with Gasteiger partial charge in [-0.25, -0.2) is 9.67 Å². The second-order valence-corrected chi connectivity index (χ2v) is 3.78. The lowest BCUT2D eigenvalue weighted by Gasteiger charge is -2.32. The molecule has 0 N–H and O–H groups in total. The van der Waals surface area contributed by atoms with E-state index in [0.717, 1.165) is 26.2 Å². The first-order valence-electron chi connectivity index (χ1n) is 5.04. The molecule has 1 saturated heterocycles. The van der Waals surface area contributed by atoms with Crippen molar-refractivity contribution in [2.24, 2.45) is 0 Å². The van der Waals surface area contributed by atoms with Crippen LogP contribution in [-0.2, 0) is 11.3 Å². The van der Waals surface area contributed by atoms with E-state index in [1.54, 1.807) is 11.0 Å². The van der Waals surface area contributed by atoms with Gasteiger partial charge >= 0.3 is 0 Å². The van der Waals surface area contributed by atoms with Crippen molar-refractivity contribution in [3.8, 4) is 0 Å². The van der Waals surface area contributed by atoms with Gasteiger partial charge in [0.05, 0.1) is 0 Å². The molecule has 0 aliphatic carbocycles. The molecule has 6 nitrogen and oxygen atoms in total. The minimum absolute atomic E-state index is 0.119. The van der Waals surface area contributed by atoms with Crippen LogP contribution in [-0.4, -0.2) is 63.7 Å². The van der Waals surface area contributed by atoms with Gasteiger partial charge in [-0.3, -0.25) is 4.79 Å². The zero-order chi connectivity index (χ0) is 10.7. The summed E-state index contributed by atoms with van der Waals surface area (Å²) in [5.41, 5.74) is 0.